The first kappa shape index (κ1) is 16.8. The summed E-state index contributed by atoms with van der Waals surface area (Å²) < 4.78 is 8.82. The molecular formula is C10H14O9. The normalized spacial score (nSPS) is 11.4. The van der Waals surface area contributed by atoms with E-state index in [4.69, 9.17) is 10.2 Å². The first-order chi connectivity index (χ1) is 8.82. The van der Waals surface area contributed by atoms with Crippen molar-refractivity contribution in [3.63, 3.8) is 0 Å². The van der Waals surface area contributed by atoms with Crippen LogP contribution in [0.15, 0.2) is 0 Å². The lowest BCUT2D eigenvalue weighted by Gasteiger charge is -2.09. The molecule has 0 aromatic heterocycles. The number of rotatable bonds is 9. The van der Waals surface area contributed by atoms with Gasteiger partial charge in [0.25, 0.3) is 0 Å². The van der Waals surface area contributed by atoms with Gasteiger partial charge in [0.15, 0.2) is 6.10 Å². The van der Waals surface area contributed by atoms with Crippen molar-refractivity contribution < 1.29 is 44.0 Å². The van der Waals surface area contributed by atoms with Crippen molar-refractivity contribution in [2.24, 2.45) is 0 Å². The first-order valence-electron chi connectivity index (χ1n) is 5.27. The molecule has 9 nitrogen and oxygen atoms in total. The van der Waals surface area contributed by atoms with Crippen molar-refractivity contribution in [3.8, 4) is 0 Å². The highest BCUT2D eigenvalue weighted by Crippen LogP contribution is 1.99. The van der Waals surface area contributed by atoms with E-state index in [0.717, 1.165) is 0 Å². The fourth-order valence-corrected chi connectivity index (χ4v) is 0.887. The third-order valence-corrected chi connectivity index (χ3v) is 1.77. The minimum absolute atomic E-state index is 0.366. The number of carboxylic acids is 2. The first-order valence-corrected chi connectivity index (χ1v) is 5.27. The van der Waals surface area contributed by atoms with Crippen LogP contribution in [0.4, 0.5) is 0 Å². The van der Waals surface area contributed by atoms with Crippen LogP contribution in [0.3, 0.4) is 0 Å². The van der Waals surface area contributed by atoms with Crippen LogP contribution in [0.25, 0.3) is 0 Å². The molecule has 0 fully saturated rings. The minimum Gasteiger partial charge on any atom is -0.481 e. The van der Waals surface area contributed by atoms with E-state index in [9.17, 15) is 24.3 Å². The second kappa shape index (κ2) is 8.86. The predicted molar refractivity (Wildman–Crippen MR) is 57.0 cm³/mol. The molecule has 0 heterocycles. The maximum atomic E-state index is 11.1. The lowest BCUT2D eigenvalue weighted by atomic mass is 10.2. The van der Waals surface area contributed by atoms with Gasteiger partial charge in [0.2, 0.25) is 0 Å². The third-order valence-electron chi connectivity index (χ3n) is 1.77. The Morgan fingerprint density at radius 1 is 0.895 bits per heavy atom. The van der Waals surface area contributed by atoms with Crippen LogP contribution in [-0.4, -0.2) is 58.5 Å². The number of esters is 2. The zero-order chi connectivity index (χ0) is 14.8. The van der Waals surface area contributed by atoms with E-state index in [1.807, 2.05) is 0 Å². The predicted octanol–water partition coefficient (Wildman–Crippen LogP) is -1.23. The number of hydrogen-bond donors (Lipinski definition) is 3. The molecule has 0 saturated carbocycles. The third kappa shape index (κ3) is 9.53. The summed E-state index contributed by atoms with van der Waals surface area (Å²) >= 11 is 0. The van der Waals surface area contributed by atoms with E-state index >= 15 is 0 Å². The Morgan fingerprint density at radius 3 is 1.84 bits per heavy atom. The average molecular weight is 278 g/mol. The maximum Gasteiger partial charge on any atom is 0.335 e. The summed E-state index contributed by atoms with van der Waals surface area (Å²) in [6, 6.07) is 0. The van der Waals surface area contributed by atoms with Gasteiger partial charge in [-0.2, -0.15) is 0 Å². The Hall–Kier alpha value is -2.16. The molecule has 0 radical (unpaired) electrons. The Morgan fingerprint density at radius 2 is 1.37 bits per heavy atom. The summed E-state index contributed by atoms with van der Waals surface area (Å²) in [6.07, 6.45) is -3.26. The van der Waals surface area contributed by atoms with E-state index in [1.54, 1.807) is 0 Å². The summed E-state index contributed by atoms with van der Waals surface area (Å²) in [5.41, 5.74) is 0. The number of ether oxygens (including phenoxy) is 2. The van der Waals surface area contributed by atoms with Crippen LogP contribution in [0.2, 0.25) is 0 Å². The zero-order valence-electron chi connectivity index (χ0n) is 9.90. The van der Waals surface area contributed by atoms with Gasteiger partial charge in [0.1, 0.15) is 13.2 Å². The summed E-state index contributed by atoms with van der Waals surface area (Å²) in [4.78, 5) is 42.4. The smallest absolute Gasteiger partial charge is 0.335 e. The average Bonchev–Trinajstić information content (AvgIpc) is 2.27. The van der Waals surface area contributed by atoms with Crippen molar-refractivity contribution in [2.75, 3.05) is 13.2 Å². The second-order valence-corrected chi connectivity index (χ2v) is 3.40. The van der Waals surface area contributed by atoms with Crippen molar-refractivity contribution in [1.29, 1.82) is 0 Å². The fraction of sp³-hybridized carbons (Fsp3) is 0.600. The topological polar surface area (TPSA) is 147 Å². The minimum atomic E-state index is -1.77. The van der Waals surface area contributed by atoms with Gasteiger partial charge in [0.05, 0.1) is 19.3 Å². The van der Waals surface area contributed by atoms with E-state index in [1.165, 1.54) is 0 Å². The number of aliphatic hydroxyl groups excluding tert-OH is 1. The van der Waals surface area contributed by atoms with E-state index in [2.05, 4.69) is 9.47 Å². The van der Waals surface area contributed by atoms with Crippen LogP contribution in [-0.2, 0) is 28.7 Å². The van der Waals surface area contributed by atoms with E-state index in [0.29, 0.717) is 0 Å². The molecule has 0 amide bonds. The molecule has 1 atom stereocenters. The lowest BCUT2D eigenvalue weighted by Crippen LogP contribution is -2.27. The number of carbonyl (C=O) groups is 4. The summed E-state index contributed by atoms with van der Waals surface area (Å²) in [7, 11) is 0. The van der Waals surface area contributed by atoms with Crippen LogP contribution in [0, 0.1) is 0 Å². The SMILES string of the molecule is O=C(O)CCOC(=O)CC(O)C(=O)OCCC(=O)O. The molecule has 19 heavy (non-hydrogen) atoms. The molecule has 0 saturated heterocycles. The molecule has 0 rings (SSSR count). The van der Waals surface area contributed by atoms with Crippen molar-refractivity contribution in [1.82, 2.24) is 0 Å². The van der Waals surface area contributed by atoms with Gasteiger partial charge in [-0.15, -0.1) is 0 Å². The molecule has 1 unspecified atom stereocenters. The van der Waals surface area contributed by atoms with Gasteiger partial charge < -0.3 is 24.8 Å². The molecular weight excluding hydrogens is 264 g/mol. The molecule has 0 aliphatic heterocycles. The van der Waals surface area contributed by atoms with Gasteiger partial charge in [-0.05, 0) is 0 Å². The van der Waals surface area contributed by atoms with Crippen LogP contribution in [0.1, 0.15) is 19.3 Å². The molecule has 3 N–H and O–H groups in total. The largest absolute Gasteiger partial charge is 0.481 e. The summed E-state index contributed by atoms with van der Waals surface area (Å²) in [5.74, 6) is -4.42. The van der Waals surface area contributed by atoms with Crippen LogP contribution < -0.4 is 0 Å². The molecule has 0 aliphatic rings. The van der Waals surface area contributed by atoms with Crippen LogP contribution >= 0.6 is 0 Å². The second-order valence-electron chi connectivity index (χ2n) is 3.40. The van der Waals surface area contributed by atoms with Gasteiger partial charge >= 0.3 is 23.9 Å². The summed E-state index contributed by atoms with van der Waals surface area (Å²) in [6.45, 7) is -0.783. The van der Waals surface area contributed by atoms with Gasteiger partial charge in [-0.25, -0.2) is 4.79 Å². The molecule has 0 aliphatic carbocycles. The fourth-order valence-electron chi connectivity index (χ4n) is 0.887. The van der Waals surface area contributed by atoms with Gasteiger partial charge in [0, 0.05) is 0 Å². The highest BCUT2D eigenvalue weighted by molar-refractivity contribution is 5.81. The Bertz CT molecular complexity index is 349. The number of carboxylic acid groups (broad SMARTS) is 2. The Kier molecular flexibility index (Phi) is 7.85. The number of aliphatic carboxylic acids is 2. The molecule has 0 spiro atoms. The standard InChI is InChI=1S/C10H14O9/c11-6(10(17)19-4-2-8(14)15)5-9(16)18-3-1-7(12)13/h6,11H,1-5H2,(H,12,13)(H,14,15). The summed E-state index contributed by atoms with van der Waals surface area (Å²) in [5, 5.41) is 25.8. The quantitative estimate of drug-likeness (QED) is 0.441. The monoisotopic (exact) mass is 278 g/mol. The number of hydrogen-bond acceptors (Lipinski definition) is 7. The molecule has 0 bridgehead atoms. The maximum absolute atomic E-state index is 11.1. The highest BCUT2D eigenvalue weighted by atomic mass is 16.6. The number of aliphatic hydroxyl groups is 1. The molecule has 0 aromatic rings. The Balaban J connectivity index is 3.84. The zero-order valence-corrected chi connectivity index (χ0v) is 9.90. The van der Waals surface area contributed by atoms with Crippen LogP contribution in [0.5, 0.6) is 0 Å². The lowest BCUT2D eigenvalue weighted by molar-refractivity contribution is -0.161. The van der Waals surface area contributed by atoms with Crippen molar-refractivity contribution >= 4 is 23.9 Å². The number of carbonyl (C=O) groups excluding carboxylic acids is 2. The van der Waals surface area contributed by atoms with Gasteiger partial charge in [-0.3, -0.25) is 14.4 Å². The van der Waals surface area contributed by atoms with Crippen molar-refractivity contribution in [2.45, 2.75) is 25.4 Å². The highest BCUT2D eigenvalue weighted by Gasteiger charge is 2.21. The van der Waals surface area contributed by atoms with E-state index < -0.39 is 49.4 Å². The molecule has 0 aromatic carbocycles. The molecule has 108 valence electrons. The van der Waals surface area contributed by atoms with Gasteiger partial charge in [-0.1, -0.05) is 0 Å². The van der Waals surface area contributed by atoms with Crippen molar-refractivity contribution in [3.05, 3.63) is 0 Å². The van der Waals surface area contributed by atoms with E-state index in [-0.39, 0.29) is 13.0 Å². The Labute approximate surface area is 107 Å². The molecule has 9 heteroatoms.